The topological polar surface area (TPSA) is 16.4 Å². The first-order chi connectivity index (χ1) is 24.3. The first-order valence-electron chi connectivity index (χ1n) is 16.6. The van der Waals surface area contributed by atoms with E-state index in [1.165, 1.54) is 53.3 Å². The lowest BCUT2D eigenvalue weighted by atomic mass is 9.97. The van der Waals surface area contributed by atoms with Gasteiger partial charge in [-0.1, -0.05) is 133 Å². The van der Waals surface area contributed by atoms with Crippen LogP contribution in [0.4, 0.5) is 17.1 Å². The Kier molecular flexibility index (Phi) is 6.39. The Balaban J connectivity index is 1.23. The minimum absolute atomic E-state index is 0.907. The van der Waals surface area contributed by atoms with Crippen molar-refractivity contribution in [3.8, 4) is 22.3 Å². The number of para-hydroxylation sites is 1. The molecule has 2 aromatic heterocycles. The van der Waals surface area contributed by atoms with Gasteiger partial charge >= 0.3 is 0 Å². The highest BCUT2D eigenvalue weighted by Crippen LogP contribution is 2.50. The average Bonchev–Trinajstić information content (AvgIpc) is 3.74. The fraction of sp³-hybridized carbons (Fsp3) is 0. The maximum Gasteiger partial charge on any atom is 0.136 e. The lowest BCUT2D eigenvalue weighted by Crippen LogP contribution is -2.11. The Hall–Kier alpha value is -6.16. The van der Waals surface area contributed by atoms with Crippen molar-refractivity contribution in [3.63, 3.8) is 0 Å². The SMILES string of the molecule is c1ccc(-c2ccc3c(sc4ccccc43)c2N(c2ccc(-c3cccc4oc5ccccc5c34)cc2)c2ccc3ccccc3c2)cc1. The van der Waals surface area contributed by atoms with Gasteiger partial charge in [0.15, 0.2) is 0 Å². The number of rotatable bonds is 5. The first-order valence-corrected chi connectivity index (χ1v) is 17.4. The van der Waals surface area contributed by atoms with Gasteiger partial charge in [-0.3, -0.25) is 0 Å². The number of furan rings is 1. The highest BCUT2D eigenvalue weighted by Gasteiger charge is 2.23. The third-order valence-corrected chi connectivity index (χ3v) is 10.9. The summed E-state index contributed by atoms with van der Waals surface area (Å²) in [4.78, 5) is 2.46. The molecule has 0 bridgehead atoms. The van der Waals surface area contributed by atoms with Crippen LogP contribution in [0, 0.1) is 0 Å². The quantitative estimate of drug-likeness (QED) is 0.186. The van der Waals surface area contributed by atoms with Crippen LogP contribution in [-0.2, 0) is 0 Å². The number of anilines is 3. The summed E-state index contributed by atoms with van der Waals surface area (Å²) < 4.78 is 8.80. The van der Waals surface area contributed by atoms with Crippen LogP contribution >= 0.6 is 11.3 Å². The molecule has 0 aliphatic rings. The zero-order valence-corrected chi connectivity index (χ0v) is 27.3. The van der Waals surface area contributed by atoms with Crippen LogP contribution in [0.2, 0.25) is 0 Å². The first kappa shape index (κ1) is 27.9. The van der Waals surface area contributed by atoms with Crippen molar-refractivity contribution in [2.24, 2.45) is 0 Å². The molecule has 0 unspecified atom stereocenters. The van der Waals surface area contributed by atoms with E-state index in [-0.39, 0.29) is 0 Å². The predicted octanol–water partition coefficient (Wildman–Crippen LogP) is 13.9. The molecule has 0 radical (unpaired) electrons. The highest BCUT2D eigenvalue weighted by molar-refractivity contribution is 7.26. The maximum atomic E-state index is 6.24. The number of hydrogen-bond donors (Lipinski definition) is 0. The zero-order chi connectivity index (χ0) is 32.3. The molecule has 0 atom stereocenters. The summed E-state index contributed by atoms with van der Waals surface area (Å²) in [5.41, 5.74) is 9.95. The molecule has 2 heterocycles. The molecule has 49 heavy (non-hydrogen) atoms. The maximum absolute atomic E-state index is 6.24. The van der Waals surface area contributed by atoms with Crippen molar-refractivity contribution in [3.05, 3.63) is 176 Å². The lowest BCUT2D eigenvalue weighted by Gasteiger charge is -2.29. The second-order valence-electron chi connectivity index (χ2n) is 12.5. The summed E-state index contributed by atoms with van der Waals surface area (Å²) in [6.45, 7) is 0. The molecule has 230 valence electrons. The van der Waals surface area contributed by atoms with Crippen LogP contribution in [0.3, 0.4) is 0 Å². The molecule has 10 rings (SSSR count). The normalized spacial score (nSPS) is 11.7. The van der Waals surface area contributed by atoms with Gasteiger partial charge < -0.3 is 9.32 Å². The Morgan fingerprint density at radius 1 is 0.429 bits per heavy atom. The van der Waals surface area contributed by atoms with Crippen molar-refractivity contribution in [1.82, 2.24) is 0 Å². The summed E-state index contributed by atoms with van der Waals surface area (Å²) in [6.07, 6.45) is 0. The van der Waals surface area contributed by atoms with E-state index in [2.05, 4.69) is 169 Å². The molecule has 2 nitrogen and oxygen atoms in total. The van der Waals surface area contributed by atoms with E-state index in [0.717, 1.165) is 38.9 Å². The monoisotopic (exact) mass is 643 g/mol. The van der Waals surface area contributed by atoms with Crippen LogP contribution < -0.4 is 4.90 Å². The molecular weight excluding hydrogens is 615 g/mol. The van der Waals surface area contributed by atoms with Crippen molar-refractivity contribution < 1.29 is 4.42 Å². The number of fused-ring (bicyclic) bond motifs is 7. The number of nitrogens with zero attached hydrogens (tertiary/aromatic N) is 1. The fourth-order valence-electron chi connectivity index (χ4n) is 7.38. The van der Waals surface area contributed by atoms with E-state index in [9.17, 15) is 0 Å². The summed E-state index contributed by atoms with van der Waals surface area (Å²) >= 11 is 1.87. The third kappa shape index (κ3) is 4.55. The molecule has 0 aliphatic carbocycles. The number of benzene rings is 8. The molecule has 0 fully saturated rings. The Morgan fingerprint density at radius 3 is 2.00 bits per heavy atom. The van der Waals surface area contributed by atoms with Crippen LogP contribution in [0.1, 0.15) is 0 Å². The second kappa shape index (κ2) is 11.2. The predicted molar refractivity (Wildman–Crippen MR) is 210 cm³/mol. The summed E-state index contributed by atoms with van der Waals surface area (Å²) in [5, 5.41) is 7.29. The van der Waals surface area contributed by atoms with Gasteiger partial charge in [-0.05, 0) is 69.9 Å². The molecule has 0 aliphatic heterocycles. The van der Waals surface area contributed by atoms with E-state index in [0.29, 0.717) is 0 Å². The van der Waals surface area contributed by atoms with Crippen molar-refractivity contribution in [2.45, 2.75) is 0 Å². The Bertz CT molecular complexity index is 2830. The Labute approximate surface area is 287 Å². The fourth-order valence-corrected chi connectivity index (χ4v) is 8.62. The van der Waals surface area contributed by atoms with Crippen molar-refractivity contribution in [1.29, 1.82) is 0 Å². The average molecular weight is 644 g/mol. The second-order valence-corrected chi connectivity index (χ2v) is 13.5. The van der Waals surface area contributed by atoms with Gasteiger partial charge in [0.05, 0.1) is 10.4 Å². The van der Waals surface area contributed by atoms with Gasteiger partial charge in [0, 0.05) is 43.2 Å². The van der Waals surface area contributed by atoms with Gasteiger partial charge in [0.2, 0.25) is 0 Å². The minimum atomic E-state index is 0.907. The third-order valence-electron chi connectivity index (χ3n) is 9.66. The Morgan fingerprint density at radius 2 is 1.12 bits per heavy atom. The van der Waals surface area contributed by atoms with E-state index in [1.807, 2.05) is 23.5 Å². The molecule has 0 amide bonds. The molecular formula is C46H29NOS. The van der Waals surface area contributed by atoms with Crippen molar-refractivity contribution >= 4 is 81.3 Å². The van der Waals surface area contributed by atoms with Crippen LogP contribution in [-0.4, -0.2) is 0 Å². The molecule has 3 heteroatoms. The number of hydrogen-bond acceptors (Lipinski definition) is 3. The van der Waals surface area contributed by atoms with Crippen LogP contribution in [0.15, 0.2) is 180 Å². The van der Waals surface area contributed by atoms with Crippen LogP contribution in [0.25, 0.3) is 75.1 Å². The standard InChI is InChI=1S/C46H29NOS/c1-2-12-31(13-3-1)37-27-28-39-38-15-7-9-20-43(38)49-46(39)45(37)47(35-26-21-30-11-4-5-14-33(30)29-35)34-24-22-32(23-25-34)36-17-10-19-42-44(36)40-16-6-8-18-41(40)48-42/h1-29H. The summed E-state index contributed by atoms with van der Waals surface area (Å²) in [7, 11) is 0. The van der Waals surface area contributed by atoms with E-state index in [4.69, 9.17) is 4.42 Å². The van der Waals surface area contributed by atoms with Gasteiger partial charge in [-0.25, -0.2) is 0 Å². The molecule has 0 saturated heterocycles. The summed E-state index contributed by atoms with van der Waals surface area (Å²) in [5.74, 6) is 0. The van der Waals surface area contributed by atoms with E-state index < -0.39 is 0 Å². The smallest absolute Gasteiger partial charge is 0.136 e. The van der Waals surface area contributed by atoms with Crippen LogP contribution in [0.5, 0.6) is 0 Å². The van der Waals surface area contributed by atoms with E-state index >= 15 is 0 Å². The van der Waals surface area contributed by atoms with Gasteiger partial charge in [0.1, 0.15) is 11.2 Å². The molecule has 8 aromatic carbocycles. The highest BCUT2D eigenvalue weighted by atomic mass is 32.1. The summed E-state index contributed by atoms with van der Waals surface area (Å²) in [6, 6.07) is 63.3. The largest absolute Gasteiger partial charge is 0.456 e. The molecule has 0 spiro atoms. The molecule has 0 N–H and O–H groups in total. The van der Waals surface area contributed by atoms with E-state index in [1.54, 1.807) is 0 Å². The number of thiophene rings is 1. The molecule has 10 aromatic rings. The van der Waals surface area contributed by atoms with Gasteiger partial charge in [0.25, 0.3) is 0 Å². The van der Waals surface area contributed by atoms with Gasteiger partial charge in [-0.2, -0.15) is 0 Å². The van der Waals surface area contributed by atoms with Crippen molar-refractivity contribution in [2.75, 3.05) is 4.90 Å². The zero-order valence-electron chi connectivity index (χ0n) is 26.5. The lowest BCUT2D eigenvalue weighted by molar-refractivity contribution is 0.669. The van der Waals surface area contributed by atoms with Gasteiger partial charge in [-0.15, -0.1) is 11.3 Å². The molecule has 0 saturated carbocycles. The minimum Gasteiger partial charge on any atom is -0.456 e.